The third-order valence-corrected chi connectivity index (χ3v) is 2.37. The molecule has 0 amide bonds. The minimum absolute atomic E-state index is 0.307. The van der Waals surface area contributed by atoms with Crippen molar-refractivity contribution in [3.05, 3.63) is 0 Å². The molecule has 0 aromatic heterocycles. The summed E-state index contributed by atoms with van der Waals surface area (Å²) in [4.78, 5) is 0. The molecule has 1 aliphatic heterocycles. The standard InChI is InChI=1S/C8H16O5/c1-4-8(12-2)7(11)6(10)5(3-9)13-4/h4-11H,3H2,1-2H3/t4-,5?,6+,7?,8?/m0/s1. The van der Waals surface area contributed by atoms with Crippen LogP contribution in [0.2, 0.25) is 0 Å². The summed E-state index contributed by atoms with van der Waals surface area (Å²) >= 11 is 0. The summed E-state index contributed by atoms with van der Waals surface area (Å²) in [6, 6.07) is 0. The molecule has 1 aliphatic rings. The fourth-order valence-electron chi connectivity index (χ4n) is 1.61. The number of ether oxygens (including phenoxy) is 2. The summed E-state index contributed by atoms with van der Waals surface area (Å²) in [6.45, 7) is 1.42. The van der Waals surface area contributed by atoms with E-state index in [9.17, 15) is 10.2 Å². The van der Waals surface area contributed by atoms with Gasteiger partial charge in [0.25, 0.3) is 0 Å². The molecule has 0 aliphatic carbocycles. The average Bonchev–Trinajstić information content (AvgIpc) is 2.12. The van der Waals surface area contributed by atoms with Gasteiger partial charge in [-0.25, -0.2) is 0 Å². The molecule has 1 heterocycles. The van der Waals surface area contributed by atoms with Crippen molar-refractivity contribution in [2.75, 3.05) is 13.7 Å². The number of aliphatic hydroxyl groups excluding tert-OH is 3. The second-order valence-corrected chi connectivity index (χ2v) is 3.24. The first-order chi connectivity index (χ1) is 6.11. The Balaban J connectivity index is 2.66. The van der Waals surface area contributed by atoms with Crippen molar-refractivity contribution in [3.63, 3.8) is 0 Å². The number of aliphatic hydroxyl groups is 3. The fourth-order valence-corrected chi connectivity index (χ4v) is 1.61. The number of hydrogen-bond acceptors (Lipinski definition) is 5. The van der Waals surface area contributed by atoms with Gasteiger partial charge in [0.15, 0.2) is 0 Å². The van der Waals surface area contributed by atoms with E-state index in [0.717, 1.165) is 0 Å². The van der Waals surface area contributed by atoms with Crippen LogP contribution in [0, 0.1) is 0 Å². The minimum atomic E-state index is -1.09. The molecule has 0 saturated carbocycles. The molecule has 78 valence electrons. The number of rotatable bonds is 2. The highest BCUT2D eigenvalue weighted by molar-refractivity contribution is 4.90. The van der Waals surface area contributed by atoms with Gasteiger partial charge in [-0.2, -0.15) is 0 Å². The zero-order valence-corrected chi connectivity index (χ0v) is 7.75. The first-order valence-corrected chi connectivity index (χ1v) is 4.27. The van der Waals surface area contributed by atoms with E-state index >= 15 is 0 Å². The molecule has 1 saturated heterocycles. The van der Waals surface area contributed by atoms with Gasteiger partial charge in [-0.15, -0.1) is 0 Å². The van der Waals surface area contributed by atoms with Crippen LogP contribution in [0.1, 0.15) is 6.92 Å². The third kappa shape index (κ3) is 2.00. The lowest BCUT2D eigenvalue weighted by molar-refractivity contribution is -0.230. The van der Waals surface area contributed by atoms with Crippen LogP contribution < -0.4 is 0 Å². The highest BCUT2D eigenvalue weighted by atomic mass is 16.6. The molecule has 1 fully saturated rings. The van der Waals surface area contributed by atoms with Gasteiger partial charge in [-0.3, -0.25) is 0 Å². The van der Waals surface area contributed by atoms with Crippen LogP contribution in [-0.2, 0) is 9.47 Å². The summed E-state index contributed by atoms with van der Waals surface area (Å²) in [5.74, 6) is 0. The molecule has 5 atom stereocenters. The number of methoxy groups -OCH3 is 1. The first kappa shape index (κ1) is 10.9. The van der Waals surface area contributed by atoms with Crippen LogP contribution in [0.15, 0.2) is 0 Å². The molecule has 0 aromatic rings. The van der Waals surface area contributed by atoms with Gasteiger partial charge in [0.2, 0.25) is 0 Å². The van der Waals surface area contributed by atoms with Crippen LogP contribution in [0.3, 0.4) is 0 Å². The normalized spacial score (nSPS) is 46.4. The van der Waals surface area contributed by atoms with E-state index in [0.29, 0.717) is 0 Å². The Hall–Kier alpha value is -0.200. The predicted molar refractivity (Wildman–Crippen MR) is 44.2 cm³/mol. The molecular formula is C8H16O5. The topological polar surface area (TPSA) is 79.2 Å². The second-order valence-electron chi connectivity index (χ2n) is 3.24. The van der Waals surface area contributed by atoms with E-state index in [-0.39, 0.29) is 12.7 Å². The monoisotopic (exact) mass is 192 g/mol. The highest BCUT2D eigenvalue weighted by Crippen LogP contribution is 2.22. The lowest BCUT2D eigenvalue weighted by atomic mass is 9.96. The Bertz CT molecular complexity index is 163. The molecule has 5 nitrogen and oxygen atoms in total. The molecule has 3 unspecified atom stereocenters. The Morgan fingerprint density at radius 3 is 2.38 bits per heavy atom. The van der Waals surface area contributed by atoms with Crippen molar-refractivity contribution in [1.82, 2.24) is 0 Å². The summed E-state index contributed by atoms with van der Waals surface area (Å²) in [5, 5.41) is 27.8. The lowest BCUT2D eigenvalue weighted by Crippen LogP contribution is -2.58. The maximum absolute atomic E-state index is 9.54. The Morgan fingerprint density at radius 2 is 1.92 bits per heavy atom. The SMILES string of the molecule is COC1C(O)[C@H](O)C(CO)O[C@H]1C. The molecule has 3 N–H and O–H groups in total. The molecule has 5 heteroatoms. The number of hydrogen-bond donors (Lipinski definition) is 3. The Labute approximate surface area is 76.9 Å². The van der Waals surface area contributed by atoms with Crippen molar-refractivity contribution in [1.29, 1.82) is 0 Å². The van der Waals surface area contributed by atoms with E-state index in [2.05, 4.69) is 0 Å². The van der Waals surface area contributed by atoms with Crippen molar-refractivity contribution >= 4 is 0 Å². The molecule has 0 aromatic carbocycles. The molecular weight excluding hydrogens is 176 g/mol. The van der Waals surface area contributed by atoms with Crippen LogP contribution >= 0.6 is 0 Å². The van der Waals surface area contributed by atoms with E-state index < -0.39 is 24.4 Å². The van der Waals surface area contributed by atoms with Crippen LogP contribution in [0.5, 0.6) is 0 Å². The molecule has 0 bridgehead atoms. The van der Waals surface area contributed by atoms with Gasteiger partial charge in [0.1, 0.15) is 24.4 Å². The zero-order chi connectivity index (χ0) is 10.0. The van der Waals surface area contributed by atoms with E-state index in [1.165, 1.54) is 7.11 Å². The van der Waals surface area contributed by atoms with Crippen LogP contribution in [0.25, 0.3) is 0 Å². The summed E-state index contributed by atoms with van der Waals surface area (Å²) in [7, 11) is 1.44. The van der Waals surface area contributed by atoms with Gasteiger partial charge in [0, 0.05) is 7.11 Å². The zero-order valence-electron chi connectivity index (χ0n) is 7.75. The van der Waals surface area contributed by atoms with Gasteiger partial charge in [0.05, 0.1) is 12.7 Å². The highest BCUT2D eigenvalue weighted by Gasteiger charge is 2.42. The lowest BCUT2D eigenvalue weighted by Gasteiger charge is -2.40. The quantitative estimate of drug-likeness (QED) is 0.496. The predicted octanol–water partition coefficient (Wildman–Crippen LogP) is -1.50. The maximum atomic E-state index is 9.54. The van der Waals surface area contributed by atoms with Gasteiger partial charge in [-0.1, -0.05) is 0 Å². The minimum Gasteiger partial charge on any atom is -0.394 e. The van der Waals surface area contributed by atoms with E-state index in [1.807, 2.05) is 0 Å². The summed E-state index contributed by atoms with van der Waals surface area (Å²) in [6.07, 6.45) is -3.70. The van der Waals surface area contributed by atoms with Crippen molar-refractivity contribution in [2.24, 2.45) is 0 Å². The summed E-state index contributed by atoms with van der Waals surface area (Å²) < 4.78 is 10.2. The van der Waals surface area contributed by atoms with Crippen molar-refractivity contribution < 1.29 is 24.8 Å². The van der Waals surface area contributed by atoms with E-state index in [1.54, 1.807) is 6.92 Å². The smallest absolute Gasteiger partial charge is 0.111 e. The van der Waals surface area contributed by atoms with Crippen molar-refractivity contribution in [2.45, 2.75) is 37.4 Å². The summed E-state index contributed by atoms with van der Waals surface area (Å²) in [5.41, 5.74) is 0. The molecule has 0 spiro atoms. The van der Waals surface area contributed by atoms with Gasteiger partial charge in [-0.05, 0) is 6.92 Å². The molecule has 0 radical (unpaired) electrons. The Morgan fingerprint density at radius 1 is 1.31 bits per heavy atom. The third-order valence-electron chi connectivity index (χ3n) is 2.37. The largest absolute Gasteiger partial charge is 0.394 e. The molecule has 1 rings (SSSR count). The van der Waals surface area contributed by atoms with E-state index in [4.69, 9.17) is 14.6 Å². The second kappa shape index (κ2) is 4.34. The van der Waals surface area contributed by atoms with Crippen LogP contribution in [-0.4, -0.2) is 59.6 Å². The molecule has 13 heavy (non-hydrogen) atoms. The average molecular weight is 192 g/mol. The van der Waals surface area contributed by atoms with Crippen LogP contribution in [0.4, 0.5) is 0 Å². The fraction of sp³-hybridized carbons (Fsp3) is 1.00. The van der Waals surface area contributed by atoms with Crippen molar-refractivity contribution in [3.8, 4) is 0 Å². The first-order valence-electron chi connectivity index (χ1n) is 4.27. The van der Waals surface area contributed by atoms with Gasteiger partial charge < -0.3 is 24.8 Å². The van der Waals surface area contributed by atoms with Gasteiger partial charge >= 0.3 is 0 Å². The Kier molecular flexibility index (Phi) is 3.63. The maximum Gasteiger partial charge on any atom is 0.111 e.